The Bertz CT molecular complexity index is 726. The van der Waals surface area contributed by atoms with Crippen LogP contribution in [0.25, 0.3) is 0 Å². The number of nitrogens with two attached hydrogens (primary N) is 1. The monoisotopic (exact) mass is 410 g/mol. The van der Waals surface area contributed by atoms with Crippen molar-refractivity contribution in [3.8, 4) is 0 Å². The van der Waals surface area contributed by atoms with Crippen molar-refractivity contribution in [1.82, 2.24) is 10.6 Å². The van der Waals surface area contributed by atoms with Gasteiger partial charge in [-0.25, -0.2) is 13.6 Å². The van der Waals surface area contributed by atoms with Crippen LogP contribution in [0.15, 0.2) is 34.2 Å². The van der Waals surface area contributed by atoms with Crippen molar-refractivity contribution in [2.24, 2.45) is 15.5 Å². The van der Waals surface area contributed by atoms with Crippen LogP contribution in [0.4, 0.5) is 0 Å². The third-order valence-corrected chi connectivity index (χ3v) is 6.30. The number of methoxy groups -OCH3 is 1. The first-order chi connectivity index (χ1) is 13.4. The first-order valence-corrected chi connectivity index (χ1v) is 11.6. The molecule has 1 saturated carbocycles. The van der Waals surface area contributed by atoms with Gasteiger partial charge >= 0.3 is 0 Å². The van der Waals surface area contributed by atoms with Gasteiger partial charge in [0.2, 0.25) is 10.0 Å². The van der Waals surface area contributed by atoms with Gasteiger partial charge < -0.3 is 15.4 Å². The van der Waals surface area contributed by atoms with E-state index < -0.39 is 10.0 Å². The molecule has 2 rings (SSSR count). The second kappa shape index (κ2) is 10.8. The van der Waals surface area contributed by atoms with E-state index in [0.717, 1.165) is 44.1 Å². The van der Waals surface area contributed by atoms with Gasteiger partial charge in [0.1, 0.15) is 0 Å². The fourth-order valence-electron chi connectivity index (χ4n) is 3.69. The molecule has 0 spiro atoms. The van der Waals surface area contributed by atoms with Crippen molar-refractivity contribution in [2.45, 2.75) is 50.3 Å². The average molecular weight is 411 g/mol. The zero-order valence-corrected chi connectivity index (χ0v) is 17.9. The second-order valence-electron chi connectivity index (χ2n) is 7.51. The minimum atomic E-state index is -3.64. The van der Waals surface area contributed by atoms with E-state index in [1.807, 2.05) is 0 Å². The van der Waals surface area contributed by atoms with Crippen molar-refractivity contribution in [2.75, 3.05) is 33.4 Å². The Morgan fingerprint density at radius 1 is 1.21 bits per heavy atom. The standard InChI is InChI=1S/C20H34N4O3S/c1-3-22-19(24-16-20(13-15-27-2)11-4-5-12-20)23-14-10-17-6-8-18(9-7-17)28(21,25)26/h6-9H,3-5,10-16H2,1-2H3,(H2,21,25,26)(H2,22,23,24). The molecule has 28 heavy (non-hydrogen) atoms. The van der Waals surface area contributed by atoms with E-state index in [9.17, 15) is 8.42 Å². The summed E-state index contributed by atoms with van der Waals surface area (Å²) >= 11 is 0. The summed E-state index contributed by atoms with van der Waals surface area (Å²) in [5.41, 5.74) is 1.31. The molecule has 0 unspecified atom stereocenters. The van der Waals surface area contributed by atoms with Gasteiger partial charge in [-0.2, -0.15) is 0 Å². The van der Waals surface area contributed by atoms with Gasteiger partial charge in [0.25, 0.3) is 0 Å². The fraction of sp³-hybridized carbons (Fsp3) is 0.650. The molecular formula is C20H34N4O3S. The predicted octanol–water partition coefficient (Wildman–Crippen LogP) is 2.03. The highest BCUT2D eigenvalue weighted by atomic mass is 32.2. The van der Waals surface area contributed by atoms with E-state index in [1.165, 1.54) is 25.7 Å². The Labute approximate surface area is 169 Å². The zero-order valence-electron chi connectivity index (χ0n) is 17.0. The maximum atomic E-state index is 11.3. The minimum Gasteiger partial charge on any atom is -0.385 e. The number of ether oxygens (including phenoxy) is 1. The van der Waals surface area contributed by atoms with Crippen molar-refractivity contribution < 1.29 is 13.2 Å². The smallest absolute Gasteiger partial charge is 0.238 e. The summed E-state index contributed by atoms with van der Waals surface area (Å²) in [6.45, 7) is 5.17. The Morgan fingerprint density at radius 2 is 1.89 bits per heavy atom. The number of nitrogens with zero attached hydrogens (tertiary/aromatic N) is 1. The Morgan fingerprint density at radius 3 is 2.46 bits per heavy atom. The van der Waals surface area contributed by atoms with E-state index in [2.05, 4.69) is 17.6 Å². The van der Waals surface area contributed by atoms with E-state index >= 15 is 0 Å². The molecule has 0 aliphatic heterocycles. The van der Waals surface area contributed by atoms with Gasteiger partial charge in [0, 0.05) is 33.4 Å². The van der Waals surface area contributed by atoms with Crippen LogP contribution in [0.5, 0.6) is 0 Å². The van der Waals surface area contributed by atoms with Gasteiger partial charge in [0.05, 0.1) is 4.90 Å². The number of sulfonamides is 1. The summed E-state index contributed by atoms with van der Waals surface area (Å²) in [6.07, 6.45) is 6.81. The van der Waals surface area contributed by atoms with Crippen molar-refractivity contribution >= 4 is 16.0 Å². The van der Waals surface area contributed by atoms with E-state index in [4.69, 9.17) is 14.9 Å². The summed E-state index contributed by atoms with van der Waals surface area (Å²) in [4.78, 5) is 4.98. The van der Waals surface area contributed by atoms with Crippen LogP contribution in [0.1, 0.15) is 44.6 Å². The number of guanidine groups is 1. The average Bonchev–Trinajstić information content (AvgIpc) is 3.13. The summed E-state index contributed by atoms with van der Waals surface area (Å²) in [6, 6.07) is 6.68. The van der Waals surface area contributed by atoms with Crippen LogP contribution >= 0.6 is 0 Å². The van der Waals surface area contributed by atoms with E-state index in [0.29, 0.717) is 6.54 Å². The van der Waals surface area contributed by atoms with Gasteiger partial charge in [-0.05, 0) is 55.7 Å². The van der Waals surface area contributed by atoms with Crippen molar-refractivity contribution in [1.29, 1.82) is 0 Å². The molecule has 158 valence electrons. The number of rotatable bonds is 10. The lowest BCUT2D eigenvalue weighted by atomic mass is 9.83. The fourth-order valence-corrected chi connectivity index (χ4v) is 4.21. The summed E-state index contributed by atoms with van der Waals surface area (Å²) < 4.78 is 28.0. The third kappa shape index (κ3) is 7.07. The first-order valence-electron chi connectivity index (χ1n) is 10.0. The lowest BCUT2D eigenvalue weighted by Crippen LogP contribution is -2.39. The van der Waals surface area contributed by atoms with E-state index in [-0.39, 0.29) is 10.3 Å². The topological polar surface area (TPSA) is 106 Å². The summed E-state index contributed by atoms with van der Waals surface area (Å²) in [5.74, 6) is 0.826. The molecule has 1 aliphatic rings. The number of hydrogen-bond donors (Lipinski definition) is 3. The molecule has 0 amide bonds. The highest BCUT2D eigenvalue weighted by Crippen LogP contribution is 2.41. The minimum absolute atomic E-state index is 0.136. The lowest BCUT2D eigenvalue weighted by Gasteiger charge is -2.27. The highest BCUT2D eigenvalue weighted by molar-refractivity contribution is 7.89. The molecule has 8 heteroatoms. The molecule has 0 radical (unpaired) electrons. The second-order valence-corrected chi connectivity index (χ2v) is 9.07. The Hall–Kier alpha value is -1.64. The Kier molecular flexibility index (Phi) is 8.72. The number of benzene rings is 1. The van der Waals surface area contributed by atoms with Crippen LogP contribution < -0.4 is 15.8 Å². The summed E-state index contributed by atoms with van der Waals surface area (Å²) in [5, 5.41) is 11.8. The SMILES string of the molecule is CCNC(=NCC1(CCOC)CCCC1)NCCc1ccc(S(N)(=O)=O)cc1. The molecule has 4 N–H and O–H groups in total. The van der Waals surface area contributed by atoms with Crippen LogP contribution in [-0.2, 0) is 21.2 Å². The first kappa shape index (κ1) is 22.6. The predicted molar refractivity (Wildman–Crippen MR) is 113 cm³/mol. The number of aliphatic imine (C=N–C) groups is 1. The highest BCUT2D eigenvalue weighted by Gasteiger charge is 2.33. The quantitative estimate of drug-likeness (QED) is 0.404. The molecule has 0 bridgehead atoms. The normalized spacial score (nSPS) is 16.9. The van der Waals surface area contributed by atoms with Crippen LogP contribution in [0.3, 0.4) is 0 Å². The van der Waals surface area contributed by atoms with Crippen LogP contribution in [-0.4, -0.2) is 47.7 Å². The molecular weight excluding hydrogens is 376 g/mol. The number of nitrogens with one attached hydrogen (secondary N) is 2. The van der Waals surface area contributed by atoms with Crippen LogP contribution in [0.2, 0.25) is 0 Å². The molecule has 1 aromatic carbocycles. The van der Waals surface area contributed by atoms with Crippen molar-refractivity contribution in [3.05, 3.63) is 29.8 Å². The van der Waals surface area contributed by atoms with Gasteiger partial charge in [-0.1, -0.05) is 25.0 Å². The molecule has 1 aliphatic carbocycles. The maximum Gasteiger partial charge on any atom is 0.238 e. The van der Waals surface area contributed by atoms with Gasteiger partial charge in [-0.3, -0.25) is 4.99 Å². The molecule has 1 aromatic rings. The summed E-state index contributed by atoms with van der Waals surface area (Å²) in [7, 11) is -1.89. The largest absolute Gasteiger partial charge is 0.385 e. The molecule has 0 heterocycles. The van der Waals surface area contributed by atoms with Crippen LogP contribution in [0, 0.1) is 5.41 Å². The molecule has 0 saturated heterocycles. The number of primary sulfonamides is 1. The Balaban J connectivity index is 1.90. The molecule has 0 atom stereocenters. The molecule has 1 fully saturated rings. The number of hydrogen-bond acceptors (Lipinski definition) is 4. The molecule has 7 nitrogen and oxygen atoms in total. The van der Waals surface area contributed by atoms with Gasteiger partial charge in [-0.15, -0.1) is 0 Å². The van der Waals surface area contributed by atoms with E-state index in [1.54, 1.807) is 31.4 Å². The van der Waals surface area contributed by atoms with Crippen molar-refractivity contribution in [3.63, 3.8) is 0 Å². The zero-order chi connectivity index (χ0) is 20.5. The third-order valence-electron chi connectivity index (χ3n) is 5.38. The maximum absolute atomic E-state index is 11.3. The lowest BCUT2D eigenvalue weighted by molar-refractivity contribution is 0.141. The van der Waals surface area contributed by atoms with Gasteiger partial charge in [0.15, 0.2) is 5.96 Å². The molecule has 0 aromatic heterocycles.